The zero-order chi connectivity index (χ0) is 10.9. The van der Waals surface area contributed by atoms with Gasteiger partial charge >= 0.3 is 0 Å². The van der Waals surface area contributed by atoms with Crippen LogP contribution in [0.5, 0.6) is 0 Å². The second-order valence-electron chi connectivity index (χ2n) is 5.86. The highest BCUT2D eigenvalue weighted by Gasteiger charge is 2.50. The molecule has 0 heterocycles. The first-order valence-corrected chi connectivity index (χ1v) is 6.22. The molecule has 0 saturated heterocycles. The summed E-state index contributed by atoms with van der Waals surface area (Å²) in [6, 6.07) is 8.93. The van der Waals surface area contributed by atoms with Crippen LogP contribution in [0.2, 0.25) is 0 Å². The quantitative estimate of drug-likeness (QED) is 0.606. The molecule has 0 radical (unpaired) electrons. The summed E-state index contributed by atoms with van der Waals surface area (Å²) >= 11 is 0. The molecule has 0 spiro atoms. The number of rotatable bonds is 0. The van der Waals surface area contributed by atoms with E-state index in [0.29, 0.717) is 0 Å². The zero-order valence-corrected chi connectivity index (χ0v) is 9.83. The minimum atomic E-state index is 0.260. The lowest BCUT2D eigenvalue weighted by Crippen LogP contribution is -2.19. The Morgan fingerprint density at radius 3 is 2.88 bits per heavy atom. The molecule has 4 rings (SSSR count). The van der Waals surface area contributed by atoms with E-state index in [4.69, 9.17) is 0 Å². The van der Waals surface area contributed by atoms with E-state index in [1.165, 1.54) is 23.1 Å². The predicted molar refractivity (Wildman–Crippen MR) is 67.1 cm³/mol. The Bertz CT molecular complexity index is 543. The maximum atomic E-state index is 2.42. The molecule has 1 fully saturated rings. The Labute approximate surface area is 96.7 Å². The van der Waals surface area contributed by atoms with Crippen molar-refractivity contribution in [1.29, 1.82) is 0 Å². The first-order chi connectivity index (χ1) is 7.69. The van der Waals surface area contributed by atoms with Crippen LogP contribution in [0.4, 0.5) is 0 Å². The maximum Gasteiger partial charge on any atom is 0.0123 e. The van der Waals surface area contributed by atoms with E-state index in [-0.39, 0.29) is 5.41 Å². The molecule has 1 aromatic rings. The Kier molecular flexibility index (Phi) is 1.38. The van der Waals surface area contributed by atoms with E-state index in [1.807, 2.05) is 0 Å². The summed E-state index contributed by atoms with van der Waals surface area (Å²) in [6.45, 7) is 4.78. The highest BCUT2D eigenvalue weighted by molar-refractivity contribution is 5.87. The van der Waals surface area contributed by atoms with Crippen LogP contribution in [0.15, 0.2) is 42.0 Å². The van der Waals surface area contributed by atoms with Crippen LogP contribution in [0.3, 0.4) is 0 Å². The zero-order valence-electron chi connectivity index (χ0n) is 9.83. The van der Waals surface area contributed by atoms with Crippen molar-refractivity contribution in [3.05, 3.63) is 53.1 Å². The fourth-order valence-electron chi connectivity index (χ4n) is 3.71. The maximum absolute atomic E-state index is 2.42. The third kappa shape index (κ3) is 0.870. The van der Waals surface area contributed by atoms with Crippen molar-refractivity contribution in [3.8, 4) is 0 Å². The molecule has 1 aromatic carbocycles. The van der Waals surface area contributed by atoms with Gasteiger partial charge in [0.15, 0.2) is 0 Å². The van der Waals surface area contributed by atoms with Gasteiger partial charge in [-0.25, -0.2) is 0 Å². The largest absolute Gasteiger partial charge is 0.0802 e. The second-order valence-corrected chi connectivity index (χ2v) is 5.86. The highest BCUT2D eigenvalue weighted by Crippen LogP contribution is 2.60. The van der Waals surface area contributed by atoms with Gasteiger partial charge in [0.2, 0.25) is 0 Å². The normalized spacial score (nSPS) is 32.1. The Morgan fingerprint density at radius 1 is 1.19 bits per heavy atom. The topological polar surface area (TPSA) is 0 Å². The number of hydrogen-bond donors (Lipinski definition) is 0. The van der Waals surface area contributed by atoms with Gasteiger partial charge in [0, 0.05) is 5.41 Å². The van der Waals surface area contributed by atoms with E-state index in [9.17, 15) is 0 Å². The Balaban J connectivity index is 2.03. The van der Waals surface area contributed by atoms with Crippen LogP contribution < -0.4 is 0 Å². The van der Waals surface area contributed by atoms with Crippen LogP contribution in [-0.2, 0) is 5.41 Å². The Hall–Kier alpha value is -1.30. The molecule has 80 valence electrons. The number of fused-ring (bicyclic) bond motifs is 4. The molecule has 2 atom stereocenters. The SMILES string of the molecule is CC1(C)C2=C(C=CC3CC23)c2ccccc21. The molecule has 0 N–H and O–H groups in total. The van der Waals surface area contributed by atoms with Gasteiger partial charge in [0.1, 0.15) is 0 Å². The monoisotopic (exact) mass is 208 g/mol. The number of benzene rings is 1. The van der Waals surface area contributed by atoms with Gasteiger partial charge in [0.25, 0.3) is 0 Å². The van der Waals surface area contributed by atoms with Gasteiger partial charge in [-0.2, -0.15) is 0 Å². The predicted octanol–water partition coefficient (Wildman–Crippen LogP) is 3.94. The van der Waals surface area contributed by atoms with Gasteiger partial charge in [0.05, 0.1) is 0 Å². The molecule has 0 aliphatic heterocycles. The average Bonchev–Trinajstić information content (AvgIpc) is 3.02. The summed E-state index contributed by atoms with van der Waals surface area (Å²) < 4.78 is 0. The van der Waals surface area contributed by atoms with Gasteiger partial charge in [-0.05, 0) is 40.5 Å². The van der Waals surface area contributed by atoms with Crippen molar-refractivity contribution in [2.45, 2.75) is 25.7 Å². The van der Waals surface area contributed by atoms with E-state index < -0.39 is 0 Å². The summed E-state index contributed by atoms with van der Waals surface area (Å²) in [4.78, 5) is 0. The van der Waals surface area contributed by atoms with Crippen molar-refractivity contribution in [1.82, 2.24) is 0 Å². The van der Waals surface area contributed by atoms with E-state index in [1.54, 1.807) is 5.57 Å². The summed E-state index contributed by atoms with van der Waals surface area (Å²) in [7, 11) is 0. The van der Waals surface area contributed by atoms with Crippen LogP contribution in [-0.4, -0.2) is 0 Å². The first kappa shape index (κ1) is 8.81. The van der Waals surface area contributed by atoms with Crippen LogP contribution in [0.1, 0.15) is 31.4 Å². The van der Waals surface area contributed by atoms with Crippen molar-refractivity contribution in [2.75, 3.05) is 0 Å². The van der Waals surface area contributed by atoms with Gasteiger partial charge < -0.3 is 0 Å². The van der Waals surface area contributed by atoms with Crippen molar-refractivity contribution >= 4 is 5.57 Å². The van der Waals surface area contributed by atoms with Crippen LogP contribution in [0, 0.1) is 11.8 Å². The minimum absolute atomic E-state index is 0.260. The van der Waals surface area contributed by atoms with E-state index in [2.05, 4.69) is 50.3 Å². The summed E-state index contributed by atoms with van der Waals surface area (Å²) in [6.07, 6.45) is 6.17. The average molecular weight is 208 g/mol. The molecular formula is C16H16. The third-order valence-corrected chi connectivity index (χ3v) is 4.57. The minimum Gasteiger partial charge on any atom is -0.0802 e. The van der Waals surface area contributed by atoms with Gasteiger partial charge in [-0.3, -0.25) is 0 Å². The van der Waals surface area contributed by atoms with Crippen molar-refractivity contribution < 1.29 is 0 Å². The molecule has 0 amide bonds. The molecule has 0 bridgehead atoms. The van der Waals surface area contributed by atoms with E-state index >= 15 is 0 Å². The second kappa shape index (κ2) is 2.51. The summed E-state index contributed by atoms with van der Waals surface area (Å²) in [5.74, 6) is 1.70. The van der Waals surface area contributed by atoms with Crippen LogP contribution >= 0.6 is 0 Å². The fourth-order valence-corrected chi connectivity index (χ4v) is 3.71. The standard InChI is InChI=1S/C16H16/c1-16(2)14-6-4-3-5-11(14)12-8-7-10-9-13(10)15(12)16/h3-8,10,13H,9H2,1-2H3. The number of allylic oxidation sites excluding steroid dienone is 4. The highest BCUT2D eigenvalue weighted by atomic mass is 14.5. The smallest absolute Gasteiger partial charge is 0.0123 e. The molecule has 3 aliphatic carbocycles. The molecule has 1 saturated carbocycles. The van der Waals surface area contributed by atoms with E-state index in [0.717, 1.165) is 11.8 Å². The molecule has 3 aliphatic rings. The lowest BCUT2D eigenvalue weighted by molar-refractivity contribution is 0.591. The van der Waals surface area contributed by atoms with Crippen LogP contribution in [0.25, 0.3) is 5.57 Å². The molecule has 2 unspecified atom stereocenters. The van der Waals surface area contributed by atoms with Crippen molar-refractivity contribution in [3.63, 3.8) is 0 Å². The molecular weight excluding hydrogens is 192 g/mol. The lowest BCUT2D eigenvalue weighted by atomic mass is 9.78. The fraction of sp³-hybridized carbons (Fsp3) is 0.375. The number of hydrogen-bond acceptors (Lipinski definition) is 0. The summed E-state index contributed by atoms with van der Waals surface area (Å²) in [5, 5.41) is 0. The molecule has 0 nitrogen and oxygen atoms in total. The van der Waals surface area contributed by atoms with Gasteiger partial charge in [-0.1, -0.05) is 50.3 Å². The lowest BCUT2D eigenvalue weighted by Gasteiger charge is -2.25. The molecule has 16 heavy (non-hydrogen) atoms. The third-order valence-electron chi connectivity index (χ3n) is 4.57. The molecule has 0 aromatic heterocycles. The molecule has 0 heteroatoms. The van der Waals surface area contributed by atoms with Gasteiger partial charge in [-0.15, -0.1) is 0 Å². The Morgan fingerprint density at radius 2 is 2.00 bits per heavy atom. The first-order valence-electron chi connectivity index (χ1n) is 6.22. The van der Waals surface area contributed by atoms with Crippen molar-refractivity contribution in [2.24, 2.45) is 11.8 Å². The summed E-state index contributed by atoms with van der Waals surface area (Å²) in [5.41, 5.74) is 6.50.